The molecular weight excluding hydrogens is 354 g/mol. The van der Waals surface area contributed by atoms with Gasteiger partial charge in [-0.05, 0) is 36.4 Å². The molecule has 0 spiro atoms. The molecule has 142 valence electrons. The molecule has 0 fully saturated rings. The first kappa shape index (κ1) is 19.2. The van der Waals surface area contributed by atoms with E-state index in [2.05, 4.69) is 11.4 Å². The van der Waals surface area contributed by atoms with E-state index < -0.39 is 0 Å². The second kappa shape index (κ2) is 9.95. The number of hydrogen-bond donors (Lipinski definition) is 1. The Balaban J connectivity index is 1.65. The number of rotatable bonds is 9. The minimum Gasteiger partial charge on any atom is -0.468 e. The average Bonchev–Trinajstić information content (AvgIpc) is 3.21. The number of hydrogen-bond acceptors (Lipinski definition) is 5. The molecule has 0 bridgehead atoms. The summed E-state index contributed by atoms with van der Waals surface area (Å²) in [6, 6.07) is 22.4. The van der Waals surface area contributed by atoms with Crippen LogP contribution in [0.25, 0.3) is 0 Å². The van der Waals surface area contributed by atoms with E-state index in [9.17, 15) is 4.79 Å². The van der Waals surface area contributed by atoms with Gasteiger partial charge in [0.1, 0.15) is 11.5 Å². The number of nitriles is 1. The van der Waals surface area contributed by atoms with Crippen LogP contribution in [0.5, 0.6) is 11.5 Å². The summed E-state index contributed by atoms with van der Waals surface area (Å²) in [7, 11) is 0. The zero-order chi connectivity index (χ0) is 19.6. The molecule has 2 aromatic carbocycles. The van der Waals surface area contributed by atoms with Gasteiger partial charge in [0.05, 0.1) is 31.1 Å². The van der Waals surface area contributed by atoms with Crippen LogP contribution in [0, 0.1) is 11.3 Å². The molecular formula is C22H21N3O3. The van der Waals surface area contributed by atoms with Crippen LogP contribution in [0.4, 0.5) is 5.69 Å². The van der Waals surface area contributed by atoms with Crippen molar-refractivity contribution in [3.8, 4) is 17.6 Å². The zero-order valence-electron chi connectivity index (χ0n) is 15.4. The average molecular weight is 375 g/mol. The first-order valence-corrected chi connectivity index (χ1v) is 8.98. The fraction of sp³-hybridized carbons (Fsp3) is 0.182. The molecule has 3 aromatic rings. The van der Waals surface area contributed by atoms with Crippen molar-refractivity contribution in [2.75, 3.05) is 18.4 Å². The molecule has 0 atom stereocenters. The molecule has 1 N–H and O–H groups in total. The highest BCUT2D eigenvalue weighted by Gasteiger charge is 2.14. The van der Waals surface area contributed by atoms with Crippen molar-refractivity contribution in [1.29, 1.82) is 5.26 Å². The van der Waals surface area contributed by atoms with Gasteiger partial charge in [0.15, 0.2) is 5.75 Å². The Kier molecular flexibility index (Phi) is 6.83. The normalized spacial score (nSPS) is 10.4. The Morgan fingerprint density at radius 1 is 1.07 bits per heavy atom. The van der Waals surface area contributed by atoms with Gasteiger partial charge in [0.2, 0.25) is 5.91 Å². The topological polar surface area (TPSA) is 78.5 Å². The summed E-state index contributed by atoms with van der Waals surface area (Å²) in [4.78, 5) is 14.5. The largest absolute Gasteiger partial charge is 0.468 e. The Labute approximate surface area is 164 Å². The SMILES string of the molecule is N#CCCN(CC(=O)Nc1ccccc1Oc1ccccc1)Cc1ccco1. The van der Waals surface area contributed by atoms with Crippen LogP contribution in [-0.4, -0.2) is 23.9 Å². The van der Waals surface area contributed by atoms with Gasteiger partial charge >= 0.3 is 0 Å². The number of carbonyl (C=O) groups excluding carboxylic acids is 1. The van der Waals surface area contributed by atoms with Crippen molar-refractivity contribution < 1.29 is 13.9 Å². The molecule has 6 nitrogen and oxygen atoms in total. The third-order valence-electron chi connectivity index (χ3n) is 4.00. The summed E-state index contributed by atoms with van der Waals surface area (Å²) in [6.07, 6.45) is 1.93. The summed E-state index contributed by atoms with van der Waals surface area (Å²) in [6.45, 7) is 1.08. The van der Waals surface area contributed by atoms with Gasteiger partial charge in [0.25, 0.3) is 0 Å². The van der Waals surface area contributed by atoms with Gasteiger partial charge in [-0.25, -0.2) is 0 Å². The van der Waals surface area contributed by atoms with Crippen molar-refractivity contribution in [2.24, 2.45) is 0 Å². The van der Waals surface area contributed by atoms with Crippen LogP contribution in [0.3, 0.4) is 0 Å². The zero-order valence-corrected chi connectivity index (χ0v) is 15.4. The number of ether oxygens (including phenoxy) is 1. The number of anilines is 1. The van der Waals surface area contributed by atoms with Crippen molar-refractivity contribution in [2.45, 2.75) is 13.0 Å². The van der Waals surface area contributed by atoms with Crippen LogP contribution in [0.1, 0.15) is 12.2 Å². The van der Waals surface area contributed by atoms with Crippen molar-refractivity contribution in [3.63, 3.8) is 0 Å². The van der Waals surface area contributed by atoms with E-state index in [-0.39, 0.29) is 12.5 Å². The molecule has 0 saturated heterocycles. The summed E-state index contributed by atoms with van der Waals surface area (Å²) in [5.41, 5.74) is 0.592. The smallest absolute Gasteiger partial charge is 0.238 e. The lowest BCUT2D eigenvalue weighted by molar-refractivity contribution is -0.117. The lowest BCUT2D eigenvalue weighted by Gasteiger charge is -2.20. The van der Waals surface area contributed by atoms with Crippen molar-refractivity contribution in [1.82, 2.24) is 4.90 Å². The molecule has 0 radical (unpaired) electrons. The highest BCUT2D eigenvalue weighted by Crippen LogP contribution is 2.29. The Hall–Kier alpha value is -3.56. The molecule has 0 aliphatic rings. The molecule has 0 aliphatic heterocycles. The quantitative estimate of drug-likeness (QED) is 0.599. The number of nitrogens with one attached hydrogen (secondary N) is 1. The van der Waals surface area contributed by atoms with E-state index in [4.69, 9.17) is 14.4 Å². The van der Waals surface area contributed by atoms with Crippen molar-refractivity contribution in [3.05, 3.63) is 78.8 Å². The number of benzene rings is 2. The standard InChI is InChI=1S/C22H21N3O3/c23-13-7-14-25(16-19-10-6-15-27-19)17-22(26)24-20-11-4-5-12-21(20)28-18-8-2-1-3-9-18/h1-6,8-12,15H,7,14,16-17H2,(H,24,26). The summed E-state index contributed by atoms with van der Waals surface area (Å²) >= 11 is 0. The lowest BCUT2D eigenvalue weighted by Crippen LogP contribution is -2.33. The molecule has 0 unspecified atom stereocenters. The first-order valence-electron chi connectivity index (χ1n) is 8.98. The number of para-hydroxylation sites is 3. The van der Waals surface area contributed by atoms with Gasteiger partial charge in [-0.3, -0.25) is 9.69 Å². The second-order valence-electron chi connectivity index (χ2n) is 6.16. The van der Waals surface area contributed by atoms with E-state index in [1.165, 1.54) is 0 Å². The molecule has 28 heavy (non-hydrogen) atoms. The van der Waals surface area contributed by atoms with Gasteiger partial charge in [-0.2, -0.15) is 5.26 Å². The van der Waals surface area contributed by atoms with Crippen LogP contribution >= 0.6 is 0 Å². The van der Waals surface area contributed by atoms with Crippen LogP contribution in [-0.2, 0) is 11.3 Å². The van der Waals surface area contributed by atoms with Crippen molar-refractivity contribution >= 4 is 11.6 Å². The molecule has 1 heterocycles. The second-order valence-corrected chi connectivity index (χ2v) is 6.16. The van der Waals surface area contributed by atoms with E-state index in [1.807, 2.05) is 53.4 Å². The molecule has 1 amide bonds. The number of carbonyl (C=O) groups is 1. The van der Waals surface area contributed by atoms with E-state index >= 15 is 0 Å². The number of furan rings is 1. The fourth-order valence-electron chi connectivity index (χ4n) is 2.71. The lowest BCUT2D eigenvalue weighted by atomic mass is 10.2. The Bertz CT molecular complexity index is 918. The minimum atomic E-state index is -0.186. The van der Waals surface area contributed by atoms with Gasteiger partial charge in [-0.1, -0.05) is 30.3 Å². The predicted molar refractivity (Wildman–Crippen MR) is 106 cm³/mol. The monoisotopic (exact) mass is 375 g/mol. The maximum absolute atomic E-state index is 12.6. The Morgan fingerprint density at radius 3 is 2.61 bits per heavy atom. The molecule has 1 aromatic heterocycles. The fourth-order valence-corrected chi connectivity index (χ4v) is 2.71. The minimum absolute atomic E-state index is 0.141. The highest BCUT2D eigenvalue weighted by atomic mass is 16.5. The molecule has 3 rings (SSSR count). The summed E-state index contributed by atoms with van der Waals surface area (Å²) in [5.74, 6) is 1.82. The van der Waals surface area contributed by atoms with Gasteiger partial charge in [0, 0.05) is 13.0 Å². The van der Waals surface area contributed by atoms with Crippen LogP contribution in [0.2, 0.25) is 0 Å². The third kappa shape index (κ3) is 5.73. The van der Waals surface area contributed by atoms with Crippen LogP contribution in [0.15, 0.2) is 77.4 Å². The number of amides is 1. The molecule has 6 heteroatoms. The summed E-state index contributed by atoms with van der Waals surface area (Å²) < 4.78 is 11.2. The third-order valence-corrected chi connectivity index (χ3v) is 4.00. The molecule has 0 saturated carbocycles. The highest BCUT2D eigenvalue weighted by molar-refractivity contribution is 5.93. The van der Waals surface area contributed by atoms with E-state index in [0.717, 1.165) is 5.76 Å². The van der Waals surface area contributed by atoms with Gasteiger partial charge < -0.3 is 14.5 Å². The van der Waals surface area contributed by atoms with Crippen LogP contribution < -0.4 is 10.1 Å². The summed E-state index contributed by atoms with van der Waals surface area (Å²) in [5, 5.41) is 11.8. The van der Waals surface area contributed by atoms with E-state index in [1.54, 1.807) is 24.5 Å². The Morgan fingerprint density at radius 2 is 1.86 bits per heavy atom. The van der Waals surface area contributed by atoms with Gasteiger partial charge in [-0.15, -0.1) is 0 Å². The maximum Gasteiger partial charge on any atom is 0.238 e. The first-order chi connectivity index (χ1) is 13.7. The maximum atomic E-state index is 12.6. The number of nitrogens with zero attached hydrogens (tertiary/aromatic N) is 2. The predicted octanol–water partition coefficient (Wildman–Crippen LogP) is 4.43. The molecule has 0 aliphatic carbocycles. The van der Waals surface area contributed by atoms with E-state index in [0.29, 0.717) is 36.7 Å².